The van der Waals surface area contributed by atoms with E-state index in [-0.39, 0.29) is 0 Å². The van der Waals surface area contributed by atoms with E-state index in [1.165, 1.54) is 6.20 Å². The van der Waals surface area contributed by atoms with Crippen LogP contribution in [0.15, 0.2) is 59.3 Å². The van der Waals surface area contributed by atoms with Crippen molar-refractivity contribution >= 4 is 12.4 Å². The molecule has 0 aliphatic heterocycles. The van der Waals surface area contributed by atoms with E-state index in [0.717, 1.165) is 11.3 Å². The van der Waals surface area contributed by atoms with Crippen molar-refractivity contribution in [3.63, 3.8) is 0 Å². The Hall–Kier alpha value is -1.70. The number of aliphatic imine (C=N–C) groups is 2. The lowest BCUT2D eigenvalue weighted by molar-refractivity contribution is 1.38. The standard InChI is InChI=1S/C11H14N2/c1-5-8-11(13-7-3)10(4)9-12-6-2/h5-9H,1-2,4H2,3H3/b11-8-,12-9?,13-7?. The van der Waals surface area contributed by atoms with Gasteiger partial charge in [-0.25, -0.2) is 0 Å². The van der Waals surface area contributed by atoms with Crippen molar-refractivity contribution in [3.05, 3.63) is 49.4 Å². The molecule has 0 saturated carbocycles. The van der Waals surface area contributed by atoms with Gasteiger partial charge >= 0.3 is 0 Å². The first-order valence-electron chi connectivity index (χ1n) is 3.91. The molecule has 68 valence electrons. The minimum atomic E-state index is 0.734. The van der Waals surface area contributed by atoms with Crippen molar-refractivity contribution in [1.29, 1.82) is 0 Å². The van der Waals surface area contributed by atoms with Gasteiger partial charge in [0.1, 0.15) is 0 Å². The summed E-state index contributed by atoms with van der Waals surface area (Å²) in [5, 5.41) is 0. The quantitative estimate of drug-likeness (QED) is 0.452. The Balaban J connectivity index is 4.65. The molecule has 0 amide bonds. The van der Waals surface area contributed by atoms with Gasteiger partial charge in [0.2, 0.25) is 0 Å². The number of hydrogen-bond acceptors (Lipinski definition) is 2. The lowest BCUT2D eigenvalue weighted by Gasteiger charge is -1.97. The summed E-state index contributed by atoms with van der Waals surface area (Å²) in [6, 6.07) is 0. The second-order valence-electron chi connectivity index (χ2n) is 2.16. The summed E-state index contributed by atoms with van der Waals surface area (Å²) >= 11 is 0. The molecular weight excluding hydrogens is 160 g/mol. The molecule has 0 fully saturated rings. The third-order valence-electron chi connectivity index (χ3n) is 1.21. The molecule has 0 aromatic rings. The van der Waals surface area contributed by atoms with Crippen LogP contribution in [0.5, 0.6) is 0 Å². The smallest absolute Gasteiger partial charge is 0.0707 e. The fourth-order valence-corrected chi connectivity index (χ4v) is 0.693. The maximum atomic E-state index is 4.11. The predicted octanol–water partition coefficient (Wildman–Crippen LogP) is 2.92. The van der Waals surface area contributed by atoms with Crippen LogP contribution in [0.1, 0.15) is 6.92 Å². The summed E-state index contributed by atoms with van der Waals surface area (Å²) in [6.45, 7) is 12.7. The molecule has 0 aromatic carbocycles. The highest BCUT2D eigenvalue weighted by atomic mass is 14.7. The van der Waals surface area contributed by atoms with E-state index in [0.29, 0.717) is 0 Å². The molecule has 0 aliphatic rings. The molecule has 0 atom stereocenters. The number of nitrogens with zero attached hydrogens (tertiary/aromatic N) is 2. The van der Waals surface area contributed by atoms with Crippen LogP contribution in [0.2, 0.25) is 0 Å². The van der Waals surface area contributed by atoms with Crippen LogP contribution in [0, 0.1) is 0 Å². The van der Waals surface area contributed by atoms with E-state index in [1.807, 2.05) is 6.92 Å². The third-order valence-corrected chi connectivity index (χ3v) is 1.21. The zero-order valence-corrected chi connectivity index (χ0v) is 7.90. The average molecular weight is 174 g/mol. The summed E-state index contributed by atoms with van der Waals surface area (Å²) in [4.78, 5) is 7.95. The lowest BCUT2D eigenvalue weighted by atomic mass is 10.2. The lowest BCUT2D eigenvalue weighted by Crippen LogP contribution is -1.86. The Morgan fingerprint density at radius 3 is 2.46 bits per heavy atom. The van der Waals surface area contributed by atoms with Gasteiger partial charge in [-0.2, -0.15) is 0 Å². The van der Waals surface area contributed by atoms with Gasteiger partial charge < -0.3 is 0 Å². The SMILES string of the molecule is C=C/C=C(\N=CC)C(=C)C=NC=C. The molecule has 0 bridgehead atoms. The van der Waals surface area contributed by atoms with Crippen LogP contribution >= 0.6 is 0 Å². The normalized spacial score (nSPS) is 12.2. The van der Waals surface area contributed by atoms with E-state index in [4.69, 9.17) is 0 Å². The Kier molecular flexibility index (Phi) is 6.06. The van der Waals surface area contributed by atoms with Gasteiger partial charge in [-0.1, -0.05) is 25.8 Å². The third kappa shape index (κ3) is 4.69. The molecule has 0 unspecified atom stereocenters. The van der Waals surface area contributed by atoms with Gasteiger partial charge in [-0.3, -0.25) is 9.98 Å². The van der Waals surface area contributed by atoms with Gasteiger partial charge in [0.25, 0.3) is 0 Å². The molecule has 2 heteroatoms. The Morgan fingerprint density at radius 2 is 2.00 bits per heavy atom. The van der Waals surface area contributed by atoms with E-state index < -0.39 is 0 Å². The zero-order valence-electron chi connectivity index (χ0n) is 7.90. The molecule has 0 N–H and O–H groups in total. The van der Waals surface area contributed by atoms with E-state index in [1.54, 1.807) is 24.6 Å². The van der Waals surface area contributed by atoms with E-state index in [9.17, 15) is 0 Å². The minimum Gasteiger partial charge on any atom is -0.265 e. The van der Waals surface area contributed by atoms with Gasteiger partial charge in [0.05, 0.1) is 5.70 Å². The highest BCUT2D eigenvalue weighted by Gasteiger charge is 1.94. The molecule has 0 aromatic heterocycles. The Morgan fingerprint density at radius 1 is 1.31 bits per heavy atom. The number of hydrogen-bond donors (Lipinski definition) is 0. The van der Waals surface area contributed by atoms with Crippen LogP contribution in [-0.2, 0) is 0 Å². The maximum absolute atomic E-state index is 4.11. The maximum Gasteiger partial charge on any atom is 0.0707 e. The monoisotopic (exact) mass is 174 g/mol. The topological polar surface area (TPSA) is 24.7 Å². The second-order valence-corrected chi connectivity index (χ2v) is 2.16. The summed E-state index contributed by atoms with van der Waals surface area (Å²) in [5.41, 5.74) is 1.49. The number of allylic oxidation sites excluding steroid dienone is 3. The van der Waals surface area contributed by atoms with Crippen LogP contribution < -0.4 is 0 Å². The second kappa shape index (κ2) is 6.98. The first-order valence-corrected chi connectivity index (χ1v) is 3.91. The Labute approximate surface area is 79.4 Å². The summed E-state index contributed by atoms with van der Waals surface area (Å²) in [6.07, 6.45) is 8.19. The molecule has 0 spiro atoms. The first kappa shape index (κ1) is 11.3. The molecule has 0 saturated heterocycles. The van der Waals surface area contributed by atoms with Crippen molar-refractivity contribution in [2.24, 2.45) is 9.98 Å². The van der Waals surface area contributed by atoms with Crippen molar-refractivity contribution in [2.75, 3.05) is 0 Å². The van der Waals surface area contributed by atoms with Crippen molar-refractivity contribution in [1.82, 2.24) is 0 Å². The van der Waals surface area contributed by atoms with Gasteiger partial charge in [0, 0.05) is 24.2 Å². The zero-order chi connectivity index (χ0) is 10.1. The van der Waals surface area contributed by atoms with Crippen molar-refractivity contribution in [3.8, 4) is 0 Å². The van der Waals surface area contributed by atoms with Crippen LogP contribution in [0.3, 0.4) is 0 Å². The molecule has 0 heterocycles. The summed E-state index contributed by atoms with van der Waals surface area (Å²) in [7, 11) is 0. The molecule has 0 rings (SSSR count). The molecule has 13 heavy (non-hydrogen) atoms. The average Bonchev–Trinajstić information content (AvgIpc) is 2.14. The van der Waals surface area contributed by atoms with Gasteiger partial charge in [0.15, 0.2) is 0 Å². The van der Waals surface area contributed by atoms with Gasteiger partial charge in [-0.05, 0) is 13.0 Å². The highest BCUT2D eigenvalue weighted by Crippen LogP contribution is 2.06. The fraction of sp³-hybridized carbons (Fsp3) is 0.0909. The van der Waals surface area contributed by atoms with Crippen molar-refractivity contribution < 1.29 is 0 Å². The van der Waals surface area contributed by atoms with Gasteiger partial charge in [-0.15, -0.1) is 0 Å². The molecule has 0 radical (unpaired) electrons. The molecule has 0 aliphatic carbocycles. The minimum absolute atomic E-state index is 0.734. The highest BCUT2D eigenvalue weighted by molar-refractivity contribution is 5.84. The molecular formula is C11H14N2. The van der Waals surface area contributed by atoms with E-state index in [2.05, 4.69) is 29.7 Å². The summed E-state index contributed by atoms with van der Waals surface area (Å²) in [5.74, 6) is 0. The molecule has 2 nitrogen and oxygen atoms in total. The van der Waals surface area contributed by atoms with Crippen LogP contribution in [0.4, 0.5) is 0 Å². The van der Waals surface area contributed by atoms with Crippen LogP contribution in [0.25, 0.3) is 0 Å². The van der Waals surface area contributed by atoms with E-state index >= 15 is 0 Å². The number of rotatable bonds is 5. The predicted molar refractivity (Wildman–Crippen MR) is 60.3 cm³/mol. The largest absolute Gasteiger partial charge is 0.265 e. The fourth-order valence-electron chi connectivity index (χ4n) is 0.693. The Bertz CT molecular complexity index is 280. The van der Waals surface area contributed by atoms with Crippen molar-refractivity contribution in [2.45, 2.75) is 6.92 Å². The summed E-state index contributed by atoms with van der Waals surface area (Å²) < 4.78 is 0. The van der Waals surface area contributed by atoms with Crippen LogP contribution in [-0.4, -0.2) is 12.4 Å². The first-order chi connectivity index (χ1) is 6.26.